The number of benzene rings is 2. The number of ether oxygens (including phenoxy) is 1. The van der Waals surface area contributed by atoms with E-state index in [1.165, 1.54) is 13.2 Å². The molecule has 2 rings (SSSR count). The Morgan fingerprint density at radius 2 is 1.90 bits per heavy atom. The maximum absolute atomic E-state index is 12.3. The molecule has 21 heavy (non-hydrogen) atoms. The van der Waals surface area contributed by atoms with Gasteiger partial charge in [0.15, 0.2) is 11.5 Å². The number of aromatic hydroxyl groups is 1. The average molecular weight is 286 g/mol. The summed E-state index contributed by atoms with van der Waals surface area (Å²) in [6, 6.07) is 12.1. The van der Waals surface area contributed by atoms with E-state index in [-0.39, 0.29) is 11.7 Å². The molecule has 0 aliphatic carbocycles. The molecule has 0 atom stereocenters. The zero-order chi connectivity index (χ0) is 15.4. The number of methoxy groups -OCH3 is 1. The number of anilines is 2. The first-order valence-corrected chi connectivity index (χ1v) is 6.47. The zero-order valence-electron chi connectivity index (χ0n) is 12.3. The van der Waals surface area contributed by atoms with Crippen LogP contribution in [-0.4, -0.2) is 32.2 Å². The lowest BCUT2D eigenvalue weighted by molar-refractivity contribution is 0.102. The van der Waals surface area contributed by atoms with E-state index in [2.05, 4.69) is 5.32 Å². The summed E-state index contributed by atoms with van der Waals surface area (Å²) in [5, 5.41) is 12.6. The fraction of sp³-hybridized carbons (Fsp3) is 0.188. The van der Waals surface area contributed by atoms with Gasteiger partial charge in [-0.1, -0.05) is 12.1 Å². The van der Waals surface area contributed by atoms with Gasteiger partial charge in [-0.15, -0.1) is 0 Å². The molecule has 0 aliphatic heterocycles. The molecule has 0 aromatic heterocycles. The van der Waals surface area contributed by atoms with E-state index in [0.29, 0.717) is 17.0 Å². The van der Waals surface area contributed by atoms with Crippen molar-refractivity contribution in [2.24, 2.45) is 0 Å². The molecule has 5 heteroatoms. The van der Waals surface area contributed by atoms with Gasteiger partial charge in [-0.25, -0.2) is 0 Å². The second-order valence-electron chi connectivity index (χ2n) is 4.75. The molecule has 0 saturated carbocycles. The topological polar surface area (TPSA) is 61.8 Å². The van der Waals surface area contributed by atoms with Crippen LogP contribution in [0.2, 0.25) is 0 Å². The average Bonchev–Trinajstić information content (AvgIpc) is 2.47. The van der Waals surface area contributed by atoms with Crippen LogP contribution in [0.15, 0.2) is 42.5 Å². The van der Waals surface area contributed by atoms with E-state index in [1.807, 2.05) is 43.3 Å². The molecule has 2 aromatic carbocycles. The highest BCUT2D eigenvalue weighted by Crippen LogP contribution is 2.28. The molecule has 0 bridgehead atoms. The third-order valence-corrected chi connectivity index (χ3v) is 3.08. The molecule has 5 nitrogen and oxygen atoms in total. The Hall–Kier alpha value is -2.69. The van der Waals surface area contributed by atoms with Crippen molar-refractivity contribution in [3.05, 3.63) is 48.0 Å². The van der Waals surface area contributed by atoms with Crippen molar-refractivity contribution in [1.82, 2.24) is 0 Å². The summed E-state index contributed by atoms with van der Waals surface area (Å²) in [5.74, 6) is -0.0199. The van der Waals surface area contributed by atoms with Crippen molar-refractivity contribution in [3.8, 4) is 11.5 Å². The summed E-state index contributed by atoms with van der Waals surface area (Å²) in [6.07, 6.45) is 0. The lowest BCUT2D eigenvalue weighted by atomic mass is 10.1. The molecule has 1 amide bonds. The van der Waals surface area contributed by atoms with Gasteiger partial charge < -0.3 is 20.1 Å². The smallest absolute Gasteiger partial charge is 0.255 e. The predicted octanol–water partition coefficient (Wildman–Crippen LogP) is 2.72. The van der Waals surface area contributed by atoms with Gasteiger partial charge in [0.1, 0.15) is 0 Å². The van der Waals surface area contributed by atoms with Crippen LogP contribution in [0.3, 0.4) is 0 Å². The van der Waals surface area contributed by atoms with Crippen LogP contribution in [-0.2, 0) is 0 Å². The molecule has 0 radical (unpaired) electrons. The van der Waals surface area contributed by atoms with E-state index in [0.717, 1.165) is 5.69 Å². The number of carbonyl (C=O) groups is 1. The Morgan fingerprint density at radius 3 is 2.52 bits per heavy atom. The van der Waals surface area contributed by atoms with Crippen LogP contribution in [0, 0.1) is 0 Å². The summed E-state index contributed by atoms with van der Waals surface area (Å²) in [7, 11) is 5.27. The molecule has 2 N–H and O–H groups in total. The predicted molar refractivity (Wildman–Crippen MR) is 83.4 cm³/mol. The van der Waals surface area contributed by atoms with Gasteiger partial charge in [0, 0.05) is 19.7 Å². The Morgan fingerprint density at radius 1 is 1.19 bits per heavy atom. The Balaban J connectivity index is 2.24. The molecule has 0 aliphatic rings. The van der Waals surface area contributed by atoms with Crippen molar-refractivity contribution in [1.29, 1.82) is 0 Å². The second kappa shape index (κ2) is 6.17. The van der Waals surface area contributed by atoms with Gasteiger partial charge in [0.2, 0.25) is 0 Å². The second-order valence-corrected chi connectivity index (χ2v) is 4.75. The van der Waals surface area contributed by atoms with Crippen LogP contribution < -0.4 is 15.0 Å². The number of rotatable bonds is 4. The summed E-state index contributed by atoms with van der Waals surface area (Å²) < 4.78 is 4.96. The molecule has 0 spiro atoms. The number of phenols is 1. The minimum atomic E-state index is -0.290. The lowest BCUT2D eigenvalue weighted by Gasteiger charge is -2.17. The number of nitrogens with one attached hydrogen (secondary N) is 1. The number of nitrogens with zero attached hydrogens (tertiary/aromatic N) is 1. The number of carbonyl (C=O) groups excluding carboxylic acids is 1. The molecule has 0 fully saturated rings. The third-order valence-electron chi connectivity index (χ3n) is 3.08. The number of para-hydroxylation sites is 2. The molecule has 0 heterocycles. The first-order chi connectivity index (χ1) is 10.0. The van der Waals surface area contributed by atoms with Crippen LogP contribution in [0.25, 0.3) is 0 Å². The SMILES string of the molecule is COc1ccc(C(=O)Nc2ccccc2N(C)C)cc1O. The maximum atomic E-state index is 12.3. The highest BCUT2D eigenvalue weighted by atomic mass is 16.5. The van der Waals surface area contributed by atoms with E-state index in [1.54, 1.807) is 12.1 Å². The summed E-state index contributed by atoms with van der Waals surface area (Å²) in [4.78, 5) is 14.2. The highest BCUT2D eigenvalue weighted by molar-refractivity contribution is 6.06. The quantitative estimate of drug-likeness (QED) is 0.907. The van der Waals surface area contributed by atoms with Crippen molar-refractivity contribution in [3.63, 3.8) is 0 Å². The number of hydrogen-bond donors (Lipinski definition) is 2. The van der Waals surface area contributed by atoms with Gasteiger partial charge >= 0.3 is 0 Å². The standard InChI is InChI=1S/C16H18N2O3/c1-18(2)13-7-5-4-6-12(13)17-16(20)11-8-9-15(21-3)14(19)10-11/h4-10,19H,1-3H3,(H,17,20). The van der Waals surface area contributed by atoms with Crippen molar-refractivity contribution in [2.45, 2.75) is 0 Å². The summed E-state index contributed by atoms with van der Waals surface area (Å²) in [6.45, 7) is 0. The normalized spacial score (nSPS) is 10.0. The van der Waals surface area contributed by atoms with Crippen LogP contribution in [0.5, 0.6) is 11.5 Å². The summed E-state index contributed by atoms with van der Waals surface area (Å²) in [5.41, 5.74) is 1.98. The molecular formula is C16H18N2O3. The van der Waals surface area contributed by atoms with Crippen LogP contribution >= 0.6 is 0 Å². The number of hydrogen-bond acceptors (Lipinski definition) is 4. The van der Waals surface area contributed by atoms with Gasteiger partial charge in [0.25, 0.3) is 5.91 Å². The Kier molecular flexibility index (Phi) is 4.33. The Bertz CT molecular complexity index is 654. The maximum Gasteiger partial charge on any atom is 0.255 e. The van der Waals surface area contributed by atoms with E-state index >= 15 is 0 Å². The van der Waals surface area contributed by atoms with Crippen molar-refractivity contribution in [2.75, 3.05) is 31.4 Å². The number of amides is 1. The van der Waals surface area contributed by atoms with Crippen LogP contribution in [0.4, 0.5) is 11.4 Å². The zero-order valence-corrected chi connectivity index (χ0v) is 12.3. The third kappa shape index (κ3) is 3.25. The molecular weight excluding hydrogens is 268 g/mol. The first kappa shape index (κ1) is 14.7. The van der Waals surface area contributed by atoms with E-state index in [9.17, 15) is 9.90 Å². The highest BCUT2D eigenvalue weighted by Gasteiger charge is 2.12. The van der Waals surface area contributed by atoms with E-state index < -0.39 is 0 Å². The lowest BCUT2D eigenvalue weighted by Crippen LogP contribution is -2.16. The van der Waals surface area contributed by atoms with Crippen LogP contribution in [0.1, 0.15) is 10.4 Å². The largest absolute Gasteiger partial charge is 0.504 e. The van der Waals surface area contributed by atoms with Gasteiger partial charge in [0.05, 0.1) is 18.5 Å². The monoisotopic (exact) mass is 286 g/mol. The number of phenolic OH excluding ortho intramolecular Hbond substituents is 1. The first-order valence-electron chi connectivity index (χ1n) is 6.47. The van der Waals surface area contributed by atoms with Gasteiger partial charge in [-0.05, 0) is 30.3 Å². The fourth-order valence-electron chi connectivity index (χ4n) is 2.00. The Labute approximate surface area is 123 Å². The minimum absolute atomic E-state index is 0.0638. The molecule has 0 unspecified atom stereocenters. The van der Waals surface area contributed by atoms with Gasteiger partial charge in [-0.2, -0.15) is 0 Å². The summed E-state index contributed by atoms with van der Waals surface area (Å²) >= 11 is 0. The van der Waals surface area contributed by atoms with Crippen molar-refractivity contribution < 1.29 is 14.6 Å². The molecule has 0 saturated heterocycles. The minimum Gasteiger partial charge on any atom is -0.504 e. The molecule has 2 aromatic rings. The fourth-order valence-corrected chi connectivity index (χ4v) is 2.00. The van der Waals surface area contributed by atoms with Crippen molar-refractivity contribution >= 4 is 17.3 Å². The van der Waals surface area contributed by atoms with Gasteiger partial charge in [-0.3, -0.25) is 4.79 Å². The van der Waals surface area contributed by atoms with E-state index in [4.69, 9.17) is 4.74 Å². The molecule has 110 valence electrons.